The van der Waals surface area contributed by atoms with Gasteiger partial charge in [0.05, 0.1) is 11.9 Å². The van der Waals surface area contributed by atoms with Crippen LogP contribution in [-0.4, -0.2) is 71.2 Å². The van der Waals surface area contributed by atoms with Crippen molar-refractivity contribution in [3.63, 3.8) is 0 Å². The topological polar surface area (TPSA) is 78.4 Å². The number of nitrogens with zero attached hydrogens (tertiary/aromatic N) is 7. The summed E-state index contributed by atoms with van der Waals surface area (Å²) in [5.41, 5.74) is 1.19. The molecule has 1 aliphatic rings. The minimum atomic E-state index is -0.0730. The molecule has 8 nitrogen and oxygen atoms in total. The Labute approximate surface area is 141 Å². The molecule has 1 aliphatic heterocycles. The van der Waals surface area contributed by atoms with E-state index in [4.69, 9.17) is 0 Å². The van der Waals surface area contributed by atoms with E-state index < -0.39 is 0 Å². The van der Waals surface area contributed by atoms with Crippen molar-refractivity contribution in [2.45, 2.75) is 6.92 Å². The average Bonchev–Trinajstić information content (AvgIpc) is 2.62. The van der Waals surface area contributed by atoms with E-state index in [1.54, 1.807) is 11.1 Å². The fourth-order valence-corrected chi connectivity index (χ4v) is 2.53. The summed E-state index contributed by atoms with van der Waals surface area (Å²) in [6.07, 6.45) is 3.15. The van der Waals surface area contributed by atoms with Gasteiger partial charge in [-0.2, -0.15) is 0 Å². The second-order valence-electron chi connectivity index (χ2n) is 5.97. The molecule has 0 atom stereocenters. The SMILES string of the molecule is Cc1cnc(C(=O)N2CCN(c3ccc(N(C)C)nn3)CC2)cn1. The zero-order valence-electron chi connectivity index (χ0n) is 14.2. The van der Waals surface area contributed by atoms with Gasteiger partial charge < -0.3 is 14.7 Å². The number of carbonyl (C=O) groups excluding carboxylic acids is 1. The normalized spacial score (nSPS) is 14.6. The molecule has 0 bridgehead atoms. The molecule has 0 aromatic carbocycles. The van der Waals surface area contributed by atoms with Crippen LogP contribution in [0.4, 0.5) is 11.6 Å². The molecule has 0 aliphatic carbocycles. The summed E-state index contributed by atoms with van der Waals surface area (Å²) < 4.78 is 0. The highest BCUT2D eigenvalue weighted by molar-refractivity contribution is 5.92. The number of aryl methyl sites for hydroxylation is 1. The molecule has 2 aromatic heterocycles. The third-order valence-corrected chi connectivity index (χ3v) is 3.99. The van der Waals surface area contributed by atoms with Gasteiger partial charge in [-0.1, -0.05) is 0 Å². The lowest BCUT2D eigenvalue weighted by atomic mass is 10.2. The van der Waals surface area contributed by atoms with E-state index in [-0.39, 0.29) is 5.91 Å². The molecule has 3 rings (SSSR count). The maximum Gasteiger partial charge on any atom is 0.274 e. The standard InChI is InChI=1S/C16H21N7O/c1-12-10-18-13(11-17-12)16(24)23-8-6-22(7-9-23)15-5-4-14(19-20-15)21(2)3/h4-5,10-11H,6-9H2,1-3H3. The summed E-state index contributed by atoms with van der Waals surface area (Å²) in [6.45, 7) is 4.56. The van der Waals surface area contributed by atoms with Crippen LogP contribution >= 0.6 is 0 Å². The number of carbonyl (C=O) groups is 1. The van der Waals surface area contributed by atoms with Gasteiger partial charge in [-0.3, -0.25) is 9.78 Å². The van der Waals surface area contributed by atoms with Gasteiger partial charge in [-0.25, -0.2) is 4.98 Å². The van der Waals surface area contributed by atoms with Crippen LogP contribution in [0.1, 0.15) is 16.2 Å². The predicted octanol–water partition coefficient (Wildman–Crippen LogP) is 0.603. The quantitative estimate of drug-likeness (QED) is 0.817. The number of amides is 1. The first-order chi connectivity index (χ1) is 11.5. The van der Waals surface area contributed by atoms with Crippen LogP contribution in [0.2, 0.25) is 0 Å². The van der Waals surface area contributed by atoms with Crippen molar-refractivity contribution in [2.24, 2.45) is 0 Å². The minimum Gasteiger partial charge on any atom is -0.361 e. The average molecular weight is 327 g/mol. The van der Waals surface area contributed by atoms with Gasteiger partial charge in [-0.15, -0.1) is 10.2 Å². The number of hydrogen-bond donors (Lipinski definition) is 0. The number of hydrogen-bond acceptors (Lipinski definition) is 7. The van der Waals surface area contributed by atoms with Crippen molar-refractivity contribution in [2.75, 3.05) is 50.1 Å². The zero-order chi connectivity index (χ0) is 17.1. The third-order valence-electron chi connectivity index (χ3n) is 3.99. The molecule has 1 amide bonds. The molecule has 0 unspecified atom stereocenters. The Morgan fingerprint density at radius 1 is 1.04 bits per heavy atom. The second-order valence-corrected chi connectivity index (χ2v) is 5.97. The summed E-state index contributed by atoms with van der Waals surface area (Å²) in [7, 11) is 3.87. The second kappa shape index (κ2) is 6.77. The van der Waals surface area contributed by atoms with Gasteiger partial charge >= 0.3 is 0 Å². The molecule has 8 heteroatoms. The summed E-state index contributed by atoms with van der Waals surface area (Å²) in [4.78, 5) is 26.6. The van der Waals surface area contributed by atoms with Crippen LogP contribution in [-0.2, 0) is 0 Å². The Kier molecular flexibility index (Phi) is 4.54. The lowest BCUT2D eigenvalue weighted by Gasteiger charge is -2.35. The lowest BCUT2D eigenvalue weighted by molar-refractivity contribution is 0.0740. The van der Waals surface area contributed by atoms with Crippen LogP contribution < -0.4 is 9.80 Å². The number of piperazine rings is 1. The highest BCUT2D eigenvalue weighted by Crippen LogP contribution is 2.16. The molecule has 0 N–H and O–H groups in total. The predicted molar refractivity (Wildman–Crippen MR) is 91.2 cm³/mol. The van der Waals surface area contributed by atoms with E-state index in [1.807, 2.05) is 38.1 Å². The summed E-state index contributed by atoms with van der Waals surface area (Å²) in [5, 5.41) is 8.47. The Morgan fingerprint density at radius 3 is 2.33 bits per heavy atom. The van der Waals surface area contributed by atoms with Crippen LogP contribution in [0, 0.1) is 6.92 Å². The third kappa shape index (κ3) is 3.42. The molecule has 0 saturated carbocycles. The number of rotatable bonds is 3. The molecule has 3 heterocycles. The van der Waals surface area contributed by atoms with Gasteiger partial charge in [0.25, 0.3) is 5.91 Å². The van der Waals surface area contributed by atoms with E-state index in [1.165, 1.54) is 6.20 Å². The lowest BCUT2D eigenvalue weighted by Crippen LogP contribution is -2.49. The highest BCUT2D eigenvalue weighted by Gasteiger charge is 2.24. The van der Waals surface area contributed by atoms with E-state index in [0.29, 0.717) is 18.8 Å². The van der Waals surface area contributed by atoms with E-state index >= 15 is 0 Å². The van der Waals surface area contributed by atoms with Crippen LogP contribution in [0.25, 0.3) is 0 Å². The molecule has 0 radical (unpaired) electrons. The van der Waals surface area contributed by atoms with Gasteiger partial charge in [0, 0.05) is 46.5 Å². The Morgan fingerprint density at radius 2 is 1.79 bits per heavy atom. The van der Waals surface area contributed by atoms with E-state index in [9.17, 15) is 4.79 Å². The minimum absolute atomic E-state index is 0.0730. The summed E-state index contributed by atoms with van der Waals surface area (Å²) >= 11 is 0. The molecule has 2 aromatic rings. The van der Waals surface area contributed by atoms with Crippen molar-refractivity contribution >= 4 is 17.5 Å². The first kappa shape index (κ1) is 16.1. The fraction of sp³-hybridized carbons (Fsp3) is 0.438. The van der Waals surface area contributed by atoms with Crippen LogP contribution in [0.3, 0.4) is 0 Å². The highest BCUT2D eigenvalue weighted by atomic mass is 16.2. The molecular formula is C16H21N7O. The molecule has 126 valence electrons. The monoisotopic (exact) mass is 327 g/mol. The smallest absolute Gasteiger partial charge is 0.274 e. The summed E-state index contributed by atoms with van der Waals surface area (Å²) in [6, 6.07) is 3.91. The maximum absolute atomic E-state index is 12.4. The fourth-order valence-electron chi connectivity index (χ4n) is 2.53. The van der Waals surface area contributed by atoms with Crippen molar-refractivity contribution in [3.05, 3.63) is 35.9 Å². The summed E-state index contributed by atoms with van der Waals surface area (Å²) in [5.74, 6) is 1.59. The Bertz CT molecular complexity index is 691. The van der Waals surface area contributed by atoms with Gasteiger partial charge in [0.2, 0.25) is 0 Å². The van der Waals surface area contributed by atoms with Crippen LogP contribution in [0.5, 0.6) is 0 Å². The molecule has 1 fully saturated rings. The van der Waals surface area contributed by atoms with Crippen molar-refractivity contribution < 1.29 is 4.79 Å². The molecule has 1 saturated heterocycles. The first-order valence-corrected chi connectivity index (χ1v) is 7.88. The van der Waals surface area contributed by atoms with Crippen LogP contribution in [0.15, 0.2) is 24.5 Å². The molecular weight excluding hydrogens is 306 g/mol. The Hall–Kier alpha value is -2.77. The first-order valence-electron chi connectivity index (χ1n) is 7.88. The number of anilines is 2. The van der Waals surface area contributed by atoms with Gasteiger partial charge in [0.15, 0.2) is 11.6 Å². The number of aromatic nitrogens is 4. The Balaban J connectivity index is 1.61. The van der Waals surface area contributed by atoms with Crippen molar-refractivity contribution in [3.8, 4) is 0 Å². The van der Waals surface area contributed by atoms with Crippen molar-refractivity contribution in [1.29, 1.82) is 0 Å². The van der Waals surface area contributed by atoms with E-state index in [0.717, 1.165) is 30.4 Å². The maximum atomic E-state index is 12.4. The largest absolute Gasteiger partial charge is 0.361 e. The van der Waals surface area contributed by atoms with E-state index in [2.05, 4.69) is 25.1 Å². The molecule has 24 heavy (non-hydrogen) atoms. The molecule has 0 spiro atoms. The van der Waals surface area contributed by atoms with Crippen molar-refractivity contribution in [1.82, 2.24) is 25.1 Å². The van der Waals surface area contributed by atoms with Gasteiger partial charge in [-0.05, 0) is 19.1 Å². The zero-order valence-corrected chi connectivity index (χ0v) is 14.2. The van der Waals surface area contributed by atoms with Gasteiger partial charge in [0.1, 0.15) is 5.69 Å².